The maximum atomic E-state index is 12.3. The summed E-state index contributed by atoms with van der Waals surface area (Å²) in [4.78, 5) is 26.3. The standard InChI is InChI=1S/C14H15N3OS3/c1-6-5-19-14(15-6)21-9(4)11-16-12(18)10-7(2)8(3)20-13(10)17-11/h5,9H,1-4H3,(H,16,17,18)/t9-/m0/s1. The van der Waals surface area contributed by atoms with E-state index < -0.39 is 0 Å². The van der Waals surface area contributed by atoms with Crippen molar-refractivity contribution >= 4 is 44.7 Å². The lowest BCUT2D eigenvalue weighted by Crippen LogP contribution is -2.12. The topological polar surface area (TPSA) is 58.6 Å². The molecular formula is C14H15N3OS3. The number of rotatable bonds is 3. The van der Waals surface area contributed by atoms with E-state index in [-0.39, 0.29) is 10.8 Å². The average Bonchev–Trinajstić information content (AvgIpc) is 2.94. The monoisotopic (exact) mass is 337 g/mol. The molecule has 0 aromatic carbocycles. The molecule has 0 saturated carbocycles. The summed E-state index contributed by atoms with van der Waals surface area (Å²) in [5, 5.41) is 2.82. The Morgan fingerprint density at radius 1 is 1.29 bits per heavy atom. The molecule has 0 aliphatic rings. The van der Waals surface area contributed by atoms with Crippen LogP contribution in [0.5, 0.6) is 0 Å². The van der Waals surface area contributed by atoms with E-state index in [2.05, 4.69) is 15.0 Å². The van der Waals surface area contributed by atoms with Gasteiger partial charge in [0.1, 0.15) is 10.7 Å². The molecule has 110 valence electrons. The quantitative estimate of drug-likeness (QED) is 0.727. The summed E-state index contributed by atoms with van der Waals surface area (Å²) in [5.41, 5.74) is 2.02. The molecule has 7 heteroatoms. The predicted octanol–water partition coefficient (Wildman–Crippen LogP) is 4.22. The van der Waals surface area contributed by atoms with Crippen LogP contribution in [0.2, 0.25) is 0 Å². The van der Waals surface area contributed by atoms with Gasteiger partial charge in [0.2, 0.25) is 0 Å². The molecule has 0 spiro atoms. The molecule has 0 bridgehead atoms. The number of hydrogen-bond acceptors (Lipinski definition) is 6. The van der Waals surface area contributed by atoms with Gasteiger partial charge in [0, 0.05) is 16.0 Å². The van der Waals surface area contributed by atoms with Crippen molar-refractivity contribution in [2.45, 2.75) is 37.3 Å². The lowest BCUT2D eigenvalue weighted by atomic mass is 10.2. The van der Waals surface area contributed by atoms with Crippen molar-refractivity contribution in [2.75, 3.05) is 0 Å². The summed E-state index contributed by atoms with van der Waals surface area (Å²) in [5.74, 6) is 0.714. The van der Waals surface area contributed by atoms with Crippen LogP contribution in [-0.4, -0.2) is 15.0 Å². The molecule has 0 aliphatic carbocycles. The zero-order valence-corrected chi connectivity index (χ0v) is 14.6. The highest BCUT2D eigenvalue weighted by molar-refractivity contribution is 8.01. The second kappa shape index (κ2) is 5.55. The van der Waals surface area contributed by atoms with Crippen LogP contribution >= 0.6 is 34.4 Å². The number of H-pyrrole nitrogens is 1. The molecule has 3 aromatic rings. The number of hydrogen-bond donors (Lipinski definition) is 1. The van der Waals surface area contributed by atoms with E-state index in [1.54, 1.807) is 34.4 Å². The smallest absolute Gasteiger partial charge is 0.259 e. The summed E-state index contributed by atoms with van der Waals surface area (Å²) < 4.78 is 1.00. The zero-order chi connectivity index (χ0) is 15.1. The van der Waals surface area contributed by atoms with Crippen molar-refractivity contribution in [1.82, 2.24) is 15.0 Å². The number of aryl methyl sites for hydroxylation is 3. The number of thioether (sulfide) groups is 1. The largest absolute Gasteiger partial charge is 0.309 e. The Balaban J connectivity index is 1.98. The molecule has 0 amide bonds. The van der Waals surface area contributed by atoms with Gasteiger partial charge < -0.3 is 4.98 Å². The molecule has 4 nitrogen and oxygen atoms in total. The third-order valence-corrected chi connectivity index (χ3v) is 6.62. The van der Waals surface area contributed by atoms with E-state index in [9.17, 15) is 4.79 Å². The third kappa shape index (κ3) is 2.77. The number of aromatic amines is 1. The van der Waals surface area contributed by atoms with Gasteiger partial charge in [0.15, 0.2) is 4.34 Å². The molecule has 0 unspecified atom stereocenters. The minimum Gasteiger partial charge on any atom is -0.309 e. The molecule has 1 atom stereocenters. The van der Waals surface area contributed by atoms with Gasteiger partial charge in [-0.1, -0.05) is 11.8 Å². The number of aromatic nitrogens is 3. The van der Waals surface area contributed by atoms with Crippen LogP contribution in [-0.2, 0) is 0 Å². The summed E-state index contributed by atoms with van der Waals surface area (Å²) in [6, 6.07) is 0. The normalized spacial score (nSPS) is 13.0. The Labute approximate surface area is 134 Å². The van der Waals surface area contributed by atoms with Crippen LogP contribution in [0, 0.1) is 20.8 Å². The van der Waals surface area contributed by atoms with Crippen LogP contribution in [0.25, 0.3) is 10.2 Å². The molecule has 0 saturated heterocycles. The van der Waals surface area contributed by atoms with Crippen LogP contribution in [0.3, 0.4) is 0 Å². The maximum Gasteiger partial charge on any atom is 0.259 e. The van der Waals surface area contributed by atoms with Crippen LogP contribution < -0.4 is 5.56 Å². The fraction of sp³-hybridized carbons (Fsp3) is 0.357. The fourth-order valence-corrected chi connectivity index (χ4v) is 5.14. The molecule has 3 heterocycles. The van der Waals surface area contributed by atoms with E-state index in [0.29, 0.717) is 5.82 Å². The molecular weight excluding hydrogens is 322 g/mol. The lowest BCUT2D eigenvalue weighted by Gasteiger charge is -2.08. The van der Waals surface area contributed by atoms with E-state index in [1.807, 2.05) is 33.1 Å². The summed E-state index contributed by atoms with van der Waals surface area (Å²) >= 11 is 4.83. The van der Waals surface area contributed by atoms with Gasteiger partial charge in [-0.25, -0.2) is 9.97 Å². The SMILES string of the molecule is Cc1csc(S[C@@H](C)c2nc3sc(C)c(C)c3c(=O)[nH]2)n1. The lowest BCUT2D eigenvalue weighted by molar-refractivity contribution is 0.923. The van der Waals surface area contributed by atoms with E-state index in [4.69, 9.17) is 0 Å². The van der Waals surface area contributed by atoms with Gasteiger partial charge in [-0.05, 0) is 33.3 Å². The molecule has 3 rings (SSSR count). The highest BCUT2D eigenvalue weighted by Crippen LogP contribution is 2.35. The first-order chi connectivity index (χ1) is 9.95. The third-order valence-electron chi connectivity index (χ3n) is 3.32. The molecule has 0 radical (unpaired) electrons. The van der Waals surface area contributed by atoms with Crippen molar-refractivity contribution in [2.24, 2.45) is 0 Å². The Bertz CT molecular complexity index is 862. The molecule has 0 aliphatic heterocycles. The van der Waals surface area contributed by atoms with Crippen molar-refractivity contribution in [3.05, 3.63) is 37.7 Å². The summed E-state index contributed by atoms with van der Waals surface area (Å²) in [6.45, 7) is 8.02. The van der Waals surface area contributed by atoms with Crippen molar-refractivity contribution in [3.63, 3.8) is 0 Å². The van der Waals surface area contributed by atoms with Gasteiger partial charge in [-0.3, -0.25) is 4.79 Å². The van der Waals surface area contributed by atoms with Crippen molar-refractivity contribution in [3.8, 4) is 0 Å². The fourth-order valence-electron chi connectivity index (χ4n) is 2.06. The van der Waals surface area contributed by atoms with Crippen LogP contribution in [0.15, 0.2) is 14.5 Å². The molecule has 1 N–H and O–H groups in total. The minimum atomic E-state index is -0.0420. The highest BCUT2D eigenvalue weighted by Gasteiger charge is 2.17. The first kappa shape index (κ1) is 14.7. The van der Waals surface area contributed by atoms with Crippen molar-refractivity contribution < 1.29 is 0 Å². The first-order valence-electron chi connectivity index (χ1n) is 6.54. The second-order valence-electron chi connectivity index (χ2n) is 4.93. The number of fused-ring (bicyclic) bond motifs is 1. The second-order valence-corrected chi connectivity index (χ2v) is 8.58. The van der Waals surface area contributed by atoms with Gasteiger partial charge in [0.25, 0.3) is 5.56 Å². The summed E-state index contributed by atoms with van der Waals surface area (Å²) in [7, 11) is 0. The van der Waals surface area contributed by atoms with Crippen molar-refractivity contribution in [1.29, 1.82) is 0 Å². The molecule has 3 aromatic heterocycles. The molecule has 0 fully saturated rings. The number of thiazole rings is 1. The number of thiophene rings is 1. The maximum absolute atomic E-state index is 12.3. The Morgan fingerprint density at radius 3 is 2.71 bits per heavy atom. The minimum absolute atomic E-state index is 0.0420. The van der Waals surface area contributed by atoms with Crippen LogP contribution in [0.1, 0.15) is 34.1 Å². The Hall–Kier alpha value is -1.18. The van der Waals surface area contributed by atoms with E-state index >= 15 is 0 Å². The average molecular weight is 337 g/mol. The highest BCUT2D eigenvalue weighted by atomic mass is 32.2. The Morgan fingerprint density at radius 2 is 2.05 bits per heavy atom. The predicted molar refractivity (Wildman–Crippen MR) is 90.8 cm³/mol. The zero-order valence-electron chi connectivity index (χ0n) is 12.2. The Kier molecular flexibility index (Phi) is 3.90. The number of nitrogens with one attached hydrogen (secondary N) is 1. The van der Waals surface area contributed by atoms with Gasteiger partial charge >= 0.3 is 0 Å². The van der Waals surface area contributed by atoms with E-state index in [1.165, 1.54) is 0 Å². The van der Waals surface area contributed by atoms with Gasteiger partial charge in [-0.15, -0.1) is 22.7 Å². The van der Waals surface area contributed by atoms with Gasteiger partial charge in [0.05, 0.1) is 10.6 Å². The summed E-state index contributed by atoms with van der Waals surface area (Å²) in [6.07, 6.45) is 0. The van der Waals surface area contributed by atoms with Crippen LogP contribution in [0.4, 0.5) is 0 Å². The van der Waals surface area contributed by atoms with Gasteiger partial charge in [-0.2, -0.15) is 0 Å². The first-order valence-corrected chi connectivity index (χ1v) is 9.12. The molecule has 21 heavy (non-hydrogen) atoms. The number of nitrogens with zero attached hydrogens (tertiary/aromatic N) is 2. The van der Waals surface area contributed by atoms with E-state index in [0.717, 1.165) is 30.7 Å².